The number of carbonyl (C=O) groups is 1. The average Bonchev–Trinajstić information content (AvgIpc) is 2.72. The van der Waals surface area contributed by atoms with Gasteiger partial charge in [-0.15, -0.1) is 0 Å². The molecule has 144 valence electrons. The molecule has 4 heteroatoms. The minimum atomic E-state index is -0.820. The zero-order valence-corrected chi connectivity index (χ0v) is 15.9. The van der Waals surface area contributed by atoms with E-state index >= 15 is 0 Å². The van der Waals surface area contributed by atoms with Gasteiger partial charge in [-0.05, 0) is 48.2 Å². The number of aryl methyl sites for hydroxylation is 1. The standard InChI is InChI=1S/C24H24O4/c1-18-7-5-6-10-23(18)28-16-15-27-21-13-11-19(12-14-21)17-22(24(25)26)20-8-3-2-4-9-20/h2-14,22H,15-17H2,1H3,(H,25,26). The van der Waals surface area contributed by atoms with Gasteiger partial charge >= 0.3 is 5.97 Å². The van der Waals surface area contributed by atoms with Gasteiger partial charge in [-0.3, -0.25) is 4.79 Å². The van der Waals surface area contributed by atoms with Crippen LogP contribution < -0.4 is 9.47 Å². The van der Waals surface area contributed by atoms with E-state index < -0.39 is 11.9 Å². The Bertz CT molecular complexity index is 888. The van der Waals surface area contributed by atoms with Crippen LogP contribution in [0.4, 0.5) is 0 Å². The molecule has 0 aliphatic carbocycles. The van der Waals surface area contributed by atoms with Gasteiger partial charge in [0.15, 0.2) is 0 Å². The van der Waals surface area contributed by atoms with Crippen LogP contribution in [0.5, 0.6) is 11.5 Å². The van der Waals surface area contributed by atoms with Crippen LogP contribution in [0.15, 0.2) is 78.9 Å². The fourth-order valence-electron chi connectivity index (χ4n) is 3.02. The van der Waals surface area contributed by atoms with E-state index in [-0.39, 0.29) is 0 Å². The smallest absolute Gasteiger partial charge is 0.311 e. The first kappa shape index (κ1) is 19.5. The monoisotopic (exact) mass is 376 g/mol. The third-order valence-electron chi connectivity index (χ3n) is 4.57. The summed E-state index contributed by atoms with van der Waals surface area (Å²) in [5, 5.41) is 9.56. The van der Waals surface area contributed by atoms with Crippen LogP contribution in [0.1, 0.15) is 22.6 Å². The van der Waals surface area contributed by atoms with Crippen molar-refractivity contribution in [1.82, 2.24) is 0 Å². The summed E-state index contributed by atoms with van der Waals surface area (Å²) in [6, 6.07) is 24.8. The molecule has 0 radical (unpaired) electrons. The number of hydrogen-bond donors (Lipinski definition) is 1. The van der Waals surface area contributed by atoms with Gasteiger partial charge in [0, 0.05) is 0 Å². The number of aliphatic carboxylic acids is 1. The Hall–Kier alpha value is -3.27. The van der Waals surface area contributed by atoms with Crippen LogP contribution in [0.25, 0.3) is 0 Å². The molecule has 0 aliphatic rings. The van der Waals surface area contributed by atoms with Gasteiger partial charge in [0.25, 0.3) is 0 Å². The topological polar surface area (TPSA) is 55.8 Å². The van der Waals surface area contributed by atoms with Crippen molar-refractivity contribution in [1.29, 1.82) is 0 Å². The SMILES string of the molecule is Cc1ccccc1OCCOc1ccc(CC(C(=O)O)c2ccccc2)cc1. The Morgan fingerprint density at radius 3 is 2.18 bits per heavy atom. The Balaban J connectivity index is 1.51. The van der Waals surface area contributed by atoms with Crippen LogP contribution in [0, 0.1) is 6.92 Å². The highest BCUT2D eigenvalue weighted by atomic mass is 16.5. The lowest BCUT2D eigenvalue weighted by Gasteiger charge is -2.14. The summed E-state index contributed by atoms with van der Waals surface area (Å²) in [5.41, 5.74) is 2.86. The van der Waals surface area contributed by atoms with Gasteiger partial charge in [0.05, 0.1) is 5.92 Å². The van der Waals surface area contributed by atoms with E-state index in [4.69, 9.17) is 9.47 Å². The molecule has 0 amide bonds. The number of rotatable bonds is 9. The average molecular weight is 376 g/mol. The molecule has 0 fully saturated rings. The van der Waals surface area contributed by atoms with Crippen molar-refractivity contribution in [3.63, 3.8) is 0 Å². The minimum absolute atomic E-state index is 0.440. The van der Waals surface area contributed by atoms with E-state index in [0.29, 0.717) is 19.6 Å². The molecule has 0 saturated carbocycles. The first-order valence-corrected chi connectivity index (χ1v) is 9.31. The predicted octanol–water partition coefficient (Wildman–Crippen LogP) is 4.86. The van der Waals surface area contributed by atoms with Crippen molar-refractivity contribution < 1.29 is 19.4 Å². The highest BCUT2D eigenvalue weighted by molar-refractivity contribution is 5.76. The lowest BCUT2D eigenvalue weighted by atomic mass is 9.92. The third-order valence-corrected chi connectivity index (χ3v) is 4.57. The quantitative estimate of drug-likeness (QED) is 0.542. The minimum Gasteiger partial charge on any atom is -0.490 e. The Morgan fingerprint density at radius 2 is 1.50 bits per heavy atom. The van der Waals surface area contributed by atoms with Crippen LogP contribution in [-0.4, -0.2) is 24.3 Å². The van der Waals surface area contributed by atoms with Crippen molar-refractivity contribution >= 4 is 5.97 Å². The van der Waals surface area contributed by atoms with E-state index in [9.17, 15) is 9.90 Å². The maximum atomic E-state index is 11.6. The molecular formula is C24H24O4. The van der Waals surface area contributed by atoms with Gasteiger partial charge in [0.1, 0.15) is 24.7 Å². The second-order valence-electron chi connectivity index (χ2n) is 6.61. The molecule has 1 atom stereocenters. The lowest BCUT2D eigenvalue weighted by molar-refractivity contribution is -0.138. The number of hydrogen-bond acceptors (Lipinski definition) is 3. The molecule has 4 nitrogen and oxygen atoms in total. The number of carboxylic acid groups (broad SMARTS) is 1. The molecule has 28 heavy (non-hydrogen) atoms. The fraction of sp³-hybridized carbons (Fsp3) is 0.208. The van der Waals surface area contributed by atoms with Crippen LogP contribution in [-0.2, 0) is 11.2 Å². The molecule has 0 aromatic heterocycles. The number of para-hydroxylation sites is 1. The van der Waals surface area contributed by atoms with E-state index in [0.717, 1.165) is 28.2 Å². The molecule has 0 spiro atoms. The molecule has 1 unspecified atom stereocenters. The summed E-state index contributed by atoms with van der Waals surface area (Å²) in [5.74, 6) is 0.223. The maximum absolute atomic E-state index is 11.6. The molecule has 1 N–H and O–H groups in total. The summed E-state index contributed by atoms with van der Waals surface area (Å²) in [6.07, 6.45) is 0.440. The molecule has 0 bridgehead atoms. The van der Waals surface area contributed by atoms with Crippen LogP contribution in [0.3, 0.4) is 0 Å². The van der Waals surface area contributed by atoms with Crippen molar-refractivity contribution in [3.05, 3.63) is 95.6 Å². The third kappa shape index (κ3) is 5.36. The summed E-state index contributed by atoms with van der Waals surface area (Å²) >= 11 is 0. The van der Waals surface area contributed by atoms with Crippen molar-refractivity contribution in [3.8, 4) is 11.5 Å². The second kappa shape index (κ2) is 9.60. The van der Waals surface area contributed by atoms with Gasteiger partial charge in [0.2, 0.25) is 0 Å². The van der Waals surface area contributed by atoms with Gasteiger partial charge in [-0.25, -0.2) is 0 Å². The molecule has 3 aromatic rings. The summed E-state index contributed by atoms with van der Waals surface area (Å²) < 4.78 is 11.4. The molecule has 0 saturated heterocycles. The number of benzene rings is 3. The summed E-state index contributed by atoms with van der Waals surface area (Å²) in [6.45, 7) is 2.91. The Morgan fingerprint density at radius 1 is 0.857 bits per heavy atom. The zero-order chi connectivity index (χ0) is 19.8. The predicted molar refractivity (Wildman–Crippen MR) is 109 cm³/mol. The van der Waals surface area contributed by atoms with E-state index in [1.54, 1.807) is 0 Å². The molecular weight excluding hydrogens is 352 g/mol. The van der Waals surface area contributed by atoms with Gasteiger partial charge in [-0.1, -0.05) is 60.7 Å². The van der Waals surface area contributed by atoms with E-state index in [2.05, 4.69) is 0 Å². The number of ether oxygens (including phenoxy) is 2. The second-order valence-corrected chi connectivity index (χ2v) is 6.61. The van der Waals surface area contributed by atoms with Crippen molar-refractivity contribution in [2.75, 3.05) is 13.2 Å². The first-order valence-electron chi connectivity index (χ1n) is 9.31. The Kier molecular flexibility index (Phi) is 6.68. The summed E-state index contributed by atoms with van der Waals surface area (Å²) in [7, 11) is 0. The maximum Gasteiger partial charge on any atom is 0.311 e. The van der Waals surface area contributed by atoms with Gasteiger partial charge < -0.3 is 14.6 Å². The highest BCUT2D eigenvalue weighted by Crippen LogP contribution is 2.23. The molecule has 0 aliphatic heterocycles. The Labute approximate surface area is 165 Å². The number of carboxylic acids is 1. The van der Waals surface area contributed by atoms with Crippen molar-refractivity contribution in [2.45, 2.75) is 19.3 Å². The lowest BCUT2D eigenvalue weighted by Crippen LogP contribution is -2.14. The highest BCUT2D eigenvalue weighted by Gasteiger charge is 2.19. The summed E-state index contributed by atoms with van der Waals surface area (Å²) in [4.78, 5) is 11.6. The van der Waals surface area contributed by atoms with Crippen LogP contribution in [0.2, 0.25) is 0 Å². The van der Waals surface area contributed by atoms with Crippen LogP contribution >= 0.6 is 0 Å². The molecule has 3 rings (SSSR count). The first-order chi connectivity index (χ1) is 13.6. The van der Waals surface area contributed by atoms with Gasteiger partial charge in [-0.2, -0.15) is 0 Å². The van der Waals surface area contributed by atoms with Crippen molar-refractivity contribution in [2.24, 2.45) is 0 Å². The zero-order valence-electron chi connectivity index (χ0n) is 15.9. The van der Waals surface area contributed by atoms with E-state index in [1.165, 1.54) is 0 Å². The molecule has 0 heterocycles. The molecule has 3 aromatic carbocycles. The fourth-order valence-corrected chi connectivity index (χ4v) is 3.02. The normalized spacial score (nSPS) is 11.6. The largest absolute Gasteiger partial charge is 0.490 e. The van der Waals surface area contributed by atoms with E-state index in [1.807, 2.05) is 85.8 Å².